The van der Waals surface area contributed by atoms with Crippen molar-refractivity contribution >= 4 is 69.5 Å². The summed E-state index contributed by atoms with van der Waals surface area (Å²) < 4.78 is 3.99. The molecule has 279 valence electrons. The van der Waals surface area contributed by atoms with Crippen LogP contribution in [0.1, 0.15) is 113 Å². The number of fused-ring (bicyclic) bond motifs is 6. The molecule has 0 bridgehead atoms. The van der Waals surface area contributed by atoms with E-state index in [2.05, 4.69) is 94.6 Å². The van der Waals surface area contributed by atoms with Gasteiger partial charge < -0.3 is 5.11 Å². The van der Waals surface area contributed by atoms with Crippen molar-refractivity contribution in [1.82, 2.24) is 4.98 Å². The standard InChI is InChI=1S/C31H28NS2.C15H28O2.Ir/c1-18(2)14-21-17-33-25-10-11-26-28(27(21)25)23-12-13-32-29(30(23)34-26)20-15-19-8-6-7-9-22(19)24(16-20)31(3,4)5;1-7-14(5,8-2)12(16)11-13(17)15(6,9-3)10-4;/h6-13,16-18H,14H2,1-5H3;11,16H,7-10H2,1-6H3;/q-1;;/b;12-11-;. The molecule has 0 aliphatic rings. The van der Waals surface area contributed by atoms with Gasteiger partial charge in [0.2, 0.25) is 0 Å². The average Bonchev–Trinajstić information content (AvgIpc) is 3.70. The van der Waals surface area contributed by atoms with E-state index in [-0.39, 0.29) is 47.9 Å². The number of hydrogen-bond acceptors (Lipinski definition) is 5. The third-order valence-electron chi connectivity index (χ3n) is 11.2. The third kappa shape index (κ3) is 8.26. The summed E-state index contributed by atoms with van der Waals surface area (Å²) in [6.45, 7) is 23.6. The van der Waals surface area contributed by atoms with Crippen molar-refractivity contribution in [3.8, 4) is 11.3 Å². The van der Waals surface area contributed by atoms with Gasteiger partial charge in [0.05, 0.1) is 0 Å². The van der Waals surface area contributed by atoms with Gasteiger partial charge in [-0.05, 0) is 78.0 Å². The Kier molecular flexibility index (Phi) is 13.4. The van der Waals surface area contributed by atoms with Crippen LogP contribution in [0.4, 0.5) is 0 Å². The Balaban J connectivity index is 0.000000289. The van der Waals surface area contributed by atoms with Crippen molar-refractivity contribution in [2.75, 3.05) is 0 Å². The second-order valence-corrected chi connectivity index (χ2v) is 18.1. The quantitative estimate of drug-likeness (QED) is 0.0846. The molecule has 1 radical (unpaired) electrons. The van der Waals surface area contributed by atoms with Gasteiger partial charge in [-0.3, -0.25) is 9.78 Å². The van der Waals surface area contributed by atoms with E-state index in [4.69, 9.17) is 4.98 Å². The van der Waals surface area contributed by atoms with Crippen LogP contribution >= 0.6 is 22.7 Å². The Morgan fingerprint density at radius 2 is 1.50 bits per heavy atom. The first kappa shape index (κ1) is 41.9. The van der Waals surface area contributed by atoms with Gasteiger partial charge in [0, 0.05) is 73.8 Å². The summed E-state index contributed by atoms with van der Waals surface area (Å²) in [5, 5.41) is 19.1. The number of allylic oxidation sites excluding steroid dienone is 2. The third-order valence-corrected chi connectivity index (χ3v) is 13.4. The fourth-order valence-corrected chi connectivity index (χ4v) is 9.02. The minimum absolute atomic E-state index is 0. The molecule has 0 atom stereocenters. The van der Waals surface area contributed by atoms with Gasteiger partial charge in [-0.1, -0.05) is 105 Å². The van der Waals surface area contributed by atoms with Crippen molar-refractivity contribution in [3.63, 3.8) is 0 Å². The van der Waals surface area contributed by atoms with Crippen molar-refractivity contribution in [2.24, 2.45) is 16.7 Å². The second-order valence-electron chi connectivity index (χ2n) is 16.1. The molecule has 0 amide bonds. The Bertz CT molecular complexity index is 2210. The van der Waals surface area contributed by atoms with Gasteiger partial charge in [-0.15, -0.1) is 51.8 Å². The first-order valence-corrected chi connectivity index (χ1v) is 20.4. The largest absolute Gasteiger partial charge is 0.512 e. The normalized spacial score (nSPS) is 12.8. The number of hydrogen-bond donors (Lipinski definition) is 1. The fraction of sp³-hybridized carbons (Fsp3) is 0.435. The van der Waals surface area contributed by atoms with E-state index >= 15 is 0 Å². The molecule has 1 N–H and O–H groups in total. The maximum absolute atomic E-state index is 12.2. The number of benzene rings is 3. The molecule has 0 fully saturated rings. The maximum Gasteiger partial charge on any atom is 0.164 e. The summed E-state index contributed by atoms with van der Waals surface area (Å²) in [4.78, 5) is 17.1. The number of rotatable bonds is 10. The van der Waals surface area contributed by atoms with Crippen molar-refractivity contribution in [2.45, 2.75) is 114 Å². The Morgan fingerprint density at radius 3 is 2.12 bits per heavy atom. The zero-order valence-electron chi connectivity index (χ0n) is 32.9. The molecule has 3 nitrogen and oxygen atoms in total. The first-order chi connectivity index (χ1) is 24.1. The number of thiophene rings is 2. The summed E-state index contributed by atoms with van der Waals surface area (Å²) in [6, 6.07) is 21.4. The molecular weight excluding hydrogens is 855 g/mol. The smallest absolute Gasteiger partial charge is 0.164 e. The van der Waals surface area contributed by atoms with Gasteiger partial charge >= 0.3 is 0 Å². The number of ketones is 1. The molecule has 3 aromatic carbocycles. The van der Waals surface area contributed by atoms with Crippen LogP contribution in [0.25, 0.3) is 52.3 Å². The molecule has 0 saturated carbocycles. The molecule has 0 aliphatic carbocycles. The molecule has 3 heterocycles. The van der Waals surface area contributed by atoms with E-state index in [9.17, 15) is 9.90 Å². The van der Waals surface area contributed by atoms with E-state index < -0.39 is 0 Å². The zero-order chi connectivity index (χ0) is 37.3. The van der Waals surface area contributed by atoms with Gasteiger partial charge in [0.25, 0.3) is 0 Å². The number of carbonyl (C=O) groups is 1. The van der Waals surface area contributed by atoms with Crippen molar-refractivity contribution < 1.29 is 30.0 Å². The number of carbonyl (C=O) groups excluding carboxylic acids is 1. The van der Waals surface area contributed by atoms with Crippen LogP contribution < -0.4 is 0 Å². The monoisotopic (exact) mass is 911 g/mol. The number of aromatic nitrogens is 1. The zero-order valence-corrected chi connectivity index (χ0v) is 36.9. The van der Waals surface area contributed by atoms with Gasteiger partial charge in [0.1, 0.15) is 5.76 Å². The Labute approximate surface area is 333 Å². The van der Waals surface area contributed by atoms with Crippen LogP contribution in [0.2, 0.25) is 0 Å². The molecule has 0 aliphatic heterocycles. The van der Waals surface area contributed by atoms with Crippen LogP contribution in [0.3, 0.4) is 0 Å². The summed E-state index contributed by atoms with van der Waals surface area (Å²) in [5.41, 5.74) is 4.39. The summed E-state index contributed by atoms with van der Waals surface area (Å²) in [7, 11) is 0. The van der Waals surface area contributed by atoms with Gasteiger partial charge in [-0.2, -0.15) is 0 Å². The maximum atomic E-state index is 12.2. The number of pyridine rings is 1. The fourth-order valence-electron chi connectivity index (χ4n) is 6.83. The van der Waals surface area contributed by atoms with Crippen LogP contribution in [0.5, 0.6) is 0 Å². The molecule has 6 rings (SSSR count). The van der Waals surface area contributed by atoms with Crippen molar-refractivity contribution in [1.29, 1.82) is 0 Å². The van der Waals surface area contributed by atoms with Crippen molar-refractivity contribution in [3.05, 3.63) is 89.1 Å². The van der Waals surface area contributed by atoms with E-state index in [0.717, 1.165) is 48.7 Å². The average molecular weight is 911 g/mol. The minimum atomic E-state index is -0.337. The Morgan fingerprint density at radius 1 is 0.865 bits per heavy atom. The Hall–Kier alpha value is -2.89. The molecule has 6 heteroatoms. The molecule has 0 spiro atoms. The van der Waals surface area contributed by atoms with E-state index in [1.165, 1.54) is 52.8 Å². The predicted molar refractivity (Wildman–Crippen MR) is 225 cm³/mol. The molecule has 0 saturated heterocycles. The summed E-state index contributed by atoms with van der Waals surface area (Å²) in [5.74, 6) is 0.923. The SMILES string of the molecule is CC(C)Cc1csc2ccc3sc4c(-c5[c-]c6ccccc6c(C(C)(C)C)c5)nccc4c3c12.CCC(C)(CC)C(=O)/C=C(\O)C(C)(CC)CC.[Ir]. The summed E-state index contributed by atoms with van der Waals surface area (Å²) >= 11 is 3.74. The molecule has 0 unspecified atom stereocenters. The number of aliphatic hydroxyl groups is 1. The molecular formula is C46H56IrNO2S2-. The van der Waals surface area contributed by atoms with E-state index in [0.29, 0.717) is 5.92 Å². The van der Waals surface area contributed by atoms with Crippen LogP contribution in [0.15, 0.2) is 71.9 Å². The van der Waals surface area contributed by atoms with Crippen LogP contribution in [-0.4, -0.2) is 15.9 Å². The minimum Gasteiger partial charge on any atom is -0.512 e. The van der Waals surface area contributed by atoms with Gasteiger partial charge in [-0.25, -0.2) is 0 Å². The summed E-state index contributed by atoms with van der Waals surface area (Å²) in [6.07, 6.45) is 7.85. The predicted octanol–water partition coefficient (Wildman–Crippen LogP) is 14.4. The topological polar surface area (TPSA) is 50.2 Å². The van der Waals surface area contributed by atoms with E-state index in [1.807, 2.05) is 70.4 Å². The van der Waals surface area contributed by atoms with Crippen LogP contribution in [-0.2, 0) is 36.7 Å². The molecule has 3 aromatic heterocycles. The molecule has 6 aromatic rings. The van der Waals surface area contributed by atoms with E-state index in [1.54, 1.807) is 0 Å². The number of aliphatic hydroxyl groups excluding tert-OH is 1. The molecule has 52 heavy (non-hydrogen) atoms. The first-order valence-electron chi connectivity index (χ1n) is 18.7. The second kappa shape index (κ2) is 16.6. The van der Waals surface area contributed by atoms with Crippen LogP contribution in [0, 0.1) is 22.8 Å². The number of nitrogens with zero attached hydrogens (tertiary/aromatic N) is 1. The van der Waals surface area contributed by atoms with Gasteiger partial charge in [0.15, 0.2) is 5.78 Å².